The van der Waals surface area contributed by atoms with E-state index in [-0.39, 0.29) is 17.4 Å². The van der Waals surface area contributed by atoms with E-state index in [0.29, 0.717) is 44.1 Å². The molecule has 1 aromatic carbocycles. The number of nitrogen functional groups attached to an aromatic ring is 1. The van der Waals surface area contributed by atoms with E-state index in [4.69, 9.17) is 43.8 Å². The van der Waals surface area contributed by atoms with E-state index >= 15 is 0 Å². The molecule has 1 aliphatic rings. The third-order valence-electron chi connectivity index (χ3n) is 5.91. The average Bonchev–Trinajstić information content (AvgIpc) is 2.79. The third kappa shape index (κ3) is 4.48. The summed E-state index contributed by atoms with van der Waals surface area (Å²) in [6.07, 6.45) is 4.89. The molecule has 0 aliphatic carbocycles. The first-order valence-corrected chi connectivity index (χ1v) is 11.4. The molecule has 1 aliphatic heterocycles. The van der Waals surface area contributed by atoms with Crippen LogP contribution in [0.5, 0.6) is 11.5 Å². The highest BCUT2D eigenvalue weighted by molar-refractivity contribution is 6.35. The second-order valence-electron chi connectivity index (χ2n) is 8.10. The van der Waals surface area contributed by atoms with Gasteiger partial charge in [0, 0.05) is 59.6 Å². The van der Waals surface area contributed by atoms with Gasteiger partial charge < -0.3 is 20.1 Å². The van der Waals surface area contributed by atoms with Crippen LogP contribution in [0, 0.1) is 11.2 Å². The van der Waals surface area contributed by atoms with E-state index in [1.165, 1.54) is 31.8 Å². The summed E-state index contributed by atoms with van der Waals surface area (Å²) >= 11 is 12.5. The van der Waals surface area contributed by atoms with Gasteiger partial charge in [-0.3, -0.25) is 10.4 Å². The maximum Gasteiger partial charge on any atom is 0.166 e. The monoisotopic (exact) mass is 503 g/mol. The fraction of sp³-hybridized carbons (Fsp3) is 0.292. The highest BCUT2D eigenvalue weighted by Crippen LogP contribution is 2.39. The summed E-state index contributed by atoms with van der Waals surface area (Å²) in [7, 11) is 1.48. The Labute approximate surface area is 207 Å². The molecule has 2 aromatic heterocycles. The van der Waals surface area contributed by atoms with E-state index in [0.717, 1.165) is 13.0 Å². The Kier molecular flexibility index (Phi) is 6.81. The molecule has 0 amide bonds. The van der Waals surface area contributed by atoms with Gasteiger partial charge >= 0.3 is 0 Å². The largest absolute Gasteiger partial charge is 0.493 e. The van der Waals surface area contributed by atoms with Gasteiger partial charge in [-0.15, -0.1) is 0 Å². The molecule has 3 heterocycles. The molecule has 0 saturated carbocycles. The summed E-state index contributed by atoms with van der Waals surface area (Å²) in [5.41, 5.74) is 7.71. The maximum absolute atomic E-state index is 14.8. The fourth-order valence-corrected chi connectivity index (χ4v) is 4.54. The minimum Gasteiger partial charge on any atom is -0.493 e. The Morgan fingerprint density at radius 2 is 1.91 bits per heavy atom. The van der Waals surface area contributed by atoms with Crippen LogP contribution in [0.1, 0.15) is 43.1 Å². The van der Waals surface area contributed by atoms with Crippen LogP contribution >= 0.6 is 23.2 Å². The molecule has 0 bridgehead atoms. The summed E-state index contributed by atoms with van der Waals surface area (Å²) in [6.45, 7) is 4.56. The van der Waals surface area contributed by atoms with Gasteiger partial charge in [-0.2, -0.15) is 0 Å². The number of benzene rings is 1. The van der Waals surface area contributed by atoms with Crippen LogP contribution in [0.2, 0.25) is 10.0 Å². The van der Waals surface area contributed by atoms with Gasteiger partial charge in [-0.1, -0.05) is 23.2 Å². The fourth-order valence-electron chi connectivity index (χ4n) is 3.87. The molecule has 0 spiro atoms. The number of aromatic nitrogens is 2. The van der Waals surface area contributed by atoms with Crippen LogP contribution in [0.4, 0.5) is 15.9 Å². The Balaban J connectivity index is 1.66. The van der Waals surface area contributed by atoms with Crippen molar-refractivity contribution < 1.29 is 13.9 Å². The van der Waals surface area contributed by atoms with Crippen molar-refractivity contribution in [1.29, 1.82) is 5.41 Å². The van der Waals surface area contributed by atoms with Crippen molar-refractivity contribution in [2.24, 2.45) is 0 Å². The Morgan fingerprint density at radius 1 is 1.21 bits per heavy atom. The lowest BCUT2D eigenvalue weighted by Crippen LogP contribution is -2.46. The van der Waals surface area contributed by atoms with Crippen LogP contribution in [0.15, 0.2) is 36.8 Å². The van der Waals surface area contributed by atoms with Crippen LogP contribution < -0.4 is 20.1 Å². The summed E-state index contributed by atoms with van der Waals surface area (Å²) in [5.74, 6) is 0.510. The van der Waals surface area contributed by atoms with Gasteiger partial charge in [0.2, 0.25) is 0 Å². The van der Waals surface area contributed by atoms with Crippen molar-refractivity contribution in [3.8, 4) is 11.5 Å². The summed E-state index contributed by atoms with van der Waals surface area (Å²) in [6, 6.07) is 4.69. The number of hydrogen-bond donors (Lipinski definition) is 2. The zero-order chi connectivity index (χ0) is 24.6. The van der Waals surface area contributed by atoms with Crippen LogP contribution in [-0.2, 0) is 0 Å². The predicted molar refractivity (Wildman–Crippen MR) is 132 cm³/mol. The predicted octanol–water partition coefficient (Wildman–Crippen LogP) is 5.67. The van der Waals surface area contributed by atoms with Gasteiger partial charge in [-0.25, -0.2) is 9.37 Å². The van der Waals surface area contributed by atoms with Gasteiger partial charge in [-0.05, 0) is 32.4 Å². The normalized spacial score (nSPS) is 16.1. The molecule has 3 N–H and O–H groups in total. The van der Waals surface area contributed by atoms with Gasteiger partial charge in [0.25, 0.3) is 0 Å². The molecule has 7 nitrogen and oxygen atoms in total. The quantitative estimate of drug-likeness (QED) is 0.318. The number of methoxy groups -OCH3 is 1. The molecule has 2 atom stereocenters. The number of rotatable bonds is 7. The molecule has 3 aromatic rings. The zero-order valence-electron chi connectivity index (χ0n) is 18.9. The summed E-state index contributed by atoms with van der Waals surface area (Å²) < 4.78 is 26.3. The average molecular weight is 504 g/mol. The summed E-state index contributed by atoms with van der Waals surface area (Å²) in [4.78, 5) is 10.1. The van der Waals surface area contributed by atoms with Gasteiger partial charge in [0.1, 0.15) is 6.10 Å². The SMILES string of the molecule is COc1cc(N)c(C(=N)c2cnc(N3CC[C@@H]3C)c(F)c2)cc1O[C@H](C)c1c(Cl)cncc1Cl. The summed E-state index contributed by atoms with van der Waals surface area (Å²) in [5, 5.41) is 9.40. The van der Waals surface area contributed by atoms with E-state index < -0.39 is 11.9 Å². The number of nitrogens with zero attached hydrogens (tertiary/aromatic N) is 3. The van der Waals surface area contributed by atoms with Crippen molar-refractivity contribution in [2.45, 2.75) is 32.4 Å². The molecule has 34 heavy (non-hydrogen) atoms. The lowest BCUT2D eigenvalue weighted by molar-refractivity contribution is 0.216. The molecular formula is C24H24Cl2FN5O2. The Hall–Kier alpha value is -3.10. The van der Waals surface area contributed by atoms with Crippen molar-refractivity contribution in [3.63, 3.8) is 0 Å². The topological polar surface area (TPSA) is 97.4 Å². The number of nitrogens with two attached hydrogens (primary N) is 1. The van der Waals surface area contributed by atoms with Crippen LogP contribution in [-0.4, -0.2) is 35.4 Å². The Bertz CT molecular complexity index is 1240. The molecule has 1 fully saturated rings. The number of anilines is 2. The minimum atomic E-state index is -0.556. The number of ether oxygens (including phenoxy) is 2. The van der Waals surface area contributed by atoms with Crippen molar-refractivity contribution in [2.75, 3.05) is 24.3 Å². The number of halogens is 3. The number of pyridine rings is 2. The second-order valence-corrected chi connectivity index (χ2v) is 8.92. The van der Waals surface area contributed by atoms with Gasteiger partial charge in [0.15, 0.2) is 23.1 Å². The molecule has 1 saturated heterocycles. The van der Waals surface area contributed by atoms with Gasteiger partial charge in [0.05, 0.1) is 22.9 Å². The van der Waals surface area contributed by atoms with Crippen LogP contribution in [0.25, 0.3) is 0 Å². The lowest BCUT2D eigenvalue weighted by Gasteiger charge is -2.39. The van der Waals surface area contributed by atoms with Crippen molar-refractivity contribution in [3.05, 3.63) is 69.3 Å². The van der Waals surface area contributed by atoms with Crippen molar-refractivity contribution in [1.82, 2.24) is 9.97 Å². The smallest absolute Gasteiger partial charge is 0.166 e. The molecule has 10 heteroatoms. The number of hydrogen-bond acceptors (Lipinski definition) is 7. The highest BCUT2D eigenvalue weighted by atomic mass is 35.5. The first-order valence-electron chi connectivity index (χ1n) is 10.7. The van der Waals surface area contributed by atoms with E-state index in [1.54, 1.807) is 19.1 Å². The third-order valence-corrected chi connectivity index (χ3v) is 6.51. The maximum atomic E-state index is 14.8. The lowest BCUT2D eigenvalue weighted by atomic mass is 10.0. The highest BCUT2D eigenvalue weighted by Gasteiger charge is 2.28. The molecule has 178 valence electrons. The number of nitrogens with one attached hydrogen (secondary N) is 1. The second kappa shape index (κ2) is 9.64. The van der Waals surface area contributed by atoms with E-state index in [9.17, 15) is 4.39 Å². The first kappa shape index (κ1) is 24.0. The zero-order valence-corrected chi connectivity index (χ0v) is 20.4. The van der Waals surface area contributed by atoms with Crippen molar-refractivity contribution >= 4 is 40.4 Å². The van der Waals surface area contributed by atoms with E-state index in [1.807, 2.05) is 11.8 Å². The molecule has 4 rings (SSSR count). The molecular weight excluding hydrogens is 480 g/mol. The molecule has 0 radical (unpaired) electrons. The van der Waals surface area contributed by atoms with E-state index in [2.05, 4.69) is 9.97 Å². The molecule has 0 unspecified atom stereocenters. The standard InChI is InChI=1S/C24H24Cl2FN5O2/c1-12-4-5-32(12)24-18(27)6-14(9-31-24)23(29)15-7-21(20(33-3)8-19(15)28)34-13(2)22-16(25)10-30-11-17(22)26/h6-13,29H,4-5,28H2,1-3H3/t12-,13+/m0/s1. The Morgan fingerprint density at radius 3 is 2.47 bits per heavy atom. The van der Waals surface area contributed by atoms with Crippen LogP contribution in [0.3, 0.4) is 0 Å². The first-order chi connectivity index (χ1) is 16.2. The minimum absolute atomic E-state index is 0.00670.